The summed E-state index contributed by atoms with van der Waals surface area (Å²) in [5, 5.41) is 5.98. The Morgan fingerprint density at radius 1 is 1.29 bits per heavy atom. The number of benzene rings is 1. The monoisotopic (exact) mass is 255 g/mol. The van der Waals surface area contributed by atoms with Gasteiger partial charge in [-0.2, -0.15) is 5.10 Å². The van der Waals surface area contributed by atoms with E-state index in [1.165, 1.54) is 36.7 Å². The Kier molecular flexibility index (Phi) is 3.21. The molecule has 90 valence electrons. The number of hydrogen-bond donors (Lipinski definition) is 2. The Hall–Kier alpha value is -1.73. The number of nitrogens with one attached hydrogen (secondary N) is 2. The smallest absolute Gasteiger partial charge is 0.243 e. The molecule has 2 N–H and O–H groups in total. The van der Waals surface area contributed by atoms with Crippen molar-refractivity contribution in [2.75, 3.05) is 0 Å². The maximum Gasteiger partial charge on any atom is 0.243 e. The molecular formula is C10H10FN3O2S. The van der Waals surface area contributed by atoms with Crippen molar-refractivity contribution in [1.29, 1.82) is 0 Å². The molecular weight excluding hydrogens is 245 g/mol. The predicted molar refractivity (Wildman–Crippen MR) is 59.0 cm³/mol. The van der Waals surface area contributed by atoms with Gasteiger partial charge in [-0.25, -0.2) is 17.5 Å². The summed E-state index contributed by atoms with van der Waals surface area (Å²) in [5.74, 6) is -0.355. The van der Waals surface area contributed by atoms with Gasteiger partial charge in [0.25, 0.3) is 0 Å². The second-order valence-corrected chi connectivity index (χ2v) is 5.15. The van der Waals surface area contributed by atoms with Gasteiger partial charge in [-0.1, -0.05) is 12.1 Å². The molecule has 7 heteroatoms. The Morgan fingerprint density at radius 2 is 2.00 bits per heavy atom. The molecule has 0 aliphatic carbocycles. The molecule has 0 amide bonds. The Morgan fingerprint density at radius 3 is 2.59 bits per heavy atom. The Labute approximate surface area is 97.7 Å². The summed E-state index contributed by atoms with van der Waals surface area (Å²) in [5.41, 5.74) is 0.679. The van der Waals surface area contributed by atoms with E-state index in [1.807, 2.05) is 0 Å². The number of halogens is 1. The van der Waals surface area contributed by atoms with Gasteiger partial charge in [0.05, 0.1) is 6.20 Å². The first-order chi connectivity index (χ1) is 8.08. The zero-order valence-electron chi connectivity index (χ0n) is 8.72. The van der Waals surface area contributed by atoms with Crippen LogP contribution in [0.4, 0.5) is 4.39 Å². The molecule has 0 aliphatic rings. The molecule has 0 radical (unpaired) electrons. The van der Waals surface area contributed by atoms with Gasteiger partial charge in [-0.3, -0.25) is 5.10 Å². The van der Waals surface area contributed by atoms with Crippen LogP contribution in [0, 0.1) is 5.82 Å². The van der Waals surface area contributed by atoms with Crippen molar-refractivity contribution in [1.82, 2.24) is 14.9 Å². The maximum absolute atomic E-state index is 12.6. The lowest BCUT2D eigenvalue weighted by Crippen LogP contribution is -2.22. The van der Waals surface area contributed by atoms with Gasteiger partial charge < -0.3 is 0 Å². The summed E-state index contributed by atoms with van der Waals surface area (Å²) < 4.78 is 38.4. The van der Waals surface area contributed by atoms with Crippen LogP contribution >= 0.6 is 0 Å². The lowest BCUT2D eigenvalue weighted by Gasteiger charge is -2.04. The van der Waals surface area contributed by atoms with Crippen LogP contribution in [0.2, 0.25) is 0 Å². The van der Waals surface area contributed by atoms with Crippen LogP contribution in [0.15, 0.2) is 41.6 Å². The molecule has 17 heavy (non-hydrogen) atoms. The fraction of sp³-hybridized carbons (Fsp3) is 0.100. The molecule has 0 saturated carbocycles. The van der Waals surface area contributed by atoms with E-state index in [-0.39, 0.29) is 17.3 Å². The Balaban J connectivity index is 2.06. The fourth-order valence-corrected chi connectivity index (χ4v) is 2.17. The van der Waals surface area contributed by atoms with Crippen LogP contribution in [-0.2, 0) is 16.6 Å². The number of nitrogens with zero attached hydrogens (tertiary/aromatic N) is 1. The fourth-order valence-electron chi connectivity index (χ4n) is 1.25. The zero-order valence-corrected chi connectivity index (χ0v) is 9.54. The van der Waals surface area contributed by atoms with Crippen molar-refractivity contribution in [3.63, 3.8) is 0 Å². The molecule has 2 aromatic rings. The van der Waals surface area contributed by atoms with Crippen LogP contribution in [0.25, 0.3) is 0 Å². The van der Waals surface area contributed by atoms with Crippen molar-refractivity contribution in [2.24, 2.45) is 0 Å². The summed E-state index contributed by atoms with van der Waals surface area (Å²) in [7, 11) is -3.56. The molecule has 0 atom stereocenters. The number of rotatable bonds is 4. The quantitative estimate of drug-likeness (QED) is 0.856. The molecule has 0 unspecified atom stereocenters. The number of sulfonamides is 1. The highest BCUT2D eigenvalue weighted by Gasteiger charge is 2.14. The van der Waals surface area contributed by atoms with E-state index in [0.29, 0.717) is 5.56 Å². The topological polar surface area (TPSA) is 74.8 Å². The van der Waals surface area contributed by atoms with Crippen LogP contribution in [0.3, 0.4) is 0 Å². The standard InChI is InChI=1S/C10H10FN3O2S/c11-9-3-1-8(2-4-9)5-14-17(15,16)10-6-12-13-7-10/h1-4,6-7,14H,5H2,(H,12,13). The van der Waals surface area contributed by atoms with E-state index in [1.54, 1.807) is 0 Å². The summed E-state index contributed by atoms with van der Waals surface area (Å²) in [4.78, 5) is 0.0691. The van der Waals surface area contributed by atoms with Crippen molar-refractivity contribution in [3.8, 4) is 0 Å². The second kappa shape index (κ2) is 4.64. The molecule has 5 nitrogen and oxygen atoms in total. The first-order valence-electron chi connectivity index (χ1n) is 4.81. The van der Waals surface area contributed by atoms with E-state index in [9.17, 15) is 12.8 Å². The summed E-state index contributed by atoms with van der Waals surface area (Å²) in [6.07, 6.45) is 2.50. The van der Waals surface area contributed by atoms with Crippen LogP contribution < -0.4 is 4.72 Å². The van der Waals surface area contributed by atoms with Crippen LogP contribution in [-0.4, -0.2) is 18.6 Å². The van der Waals surface area contributed by atoms with Crippen molar-refractivity contribution >= 4 is 10.0 Å². The molecule has 1 aromatic heterocycles. The van der Waals surface area contributed by atoms with Crippen molar-refractivity contribution in [3.05, 3.63) is 48.0 Å². The molecule has 1 heterocycles. The minimum Gasteiger partial charge on any atom is -0.284 e. The molecule has 0 saturated heterocycles. The predicted octanol–water partition coefficient (Wildman–Crippen LogP) is 1.03. The van der Waals surface area contributed by atoms with Gasteiger partial charge in [0.1, 0.15) is 10.7 Å². The third-order valence-corrected chi connectivity index (χ3v) is 3.53. The normalized spacial score (nSPS) is 11.6. The van der Waals surface area contributed by atoms with Gasteiger partial charge >= 0.3 is 0 Å². The van der Waals surface area contributed by atoms with E-state index in [0.717, 1.165) is 0 Å². The van der Waals surface area contributed by atoms with E-state index in [4.69, 9.17) is 0 Å². The molecule has 2 rings (SSSR count). The van der Waals surface area contributed by atoms with Crippen LogP contribution in [0.5, 0.6) is 0 Å². The molecule has 0 aliphatic heterocycles. The van der Waals surface area contributed by atoms with E-state index < -0.39 is 10.0 Å². The SMILES string of the molecule is O=S(=O)(NCc1ccc(F)cc1)c1cn[nH]c1. The van der Waals surface area contributed by atoms with Gasteiger partial charge in [-0.05, 0) is 17.7 Å². The third kappa shape index (κ3) is 2.89. The molecule has 0 bridgehead atoms. The van der Waals surface area contributed by atoms with Gasteiger partial charge in [0.15, 0.2) is 0 Å². The van der Waals surface area contributed by atoms with Crippen LogP contribution in [0.1, 0.15) is 5.56 Å². The molecule has 0 spiro atoms. The summed E-state index contributed by atoms with van der Waals surface area (Å²) in [6.45, 7) is 0.105. The minimum absolute atomic E-state index is 0.0691. The number of aromatic nitrogens is 2. The van der Waals surface area contributed by atoms with Crippen molar-refractivity contribution < 1.29 is 12.8 Å². The highest BCUT2D eigenvalue weighted by molar-refractivity contribution is 7.89. The molecule has 0 fully saturated rings. The maximum atomic E-state index is 12.6. The lowest BCUT2D eigenvalue weighted by atomic mass is 10.2. The minimum atomic E-state index is -3.56. The van der Waals surface area contributed by atoms with E-state index in [2.05, 4.69) is 14.9 Å². The van der Waals surface area contributed by atoms with Gasteiger partial charge in [-0.15, -0.1) is 0 Å². The van der Waals surface area contributed by atoms with E-state index >= 15 is 0 Å². The number of hydrogen-bond acceptors (Lipinski definition) is 3. The Bertz CT molecular complexity index is 579. The lowest BCUT2D eigenvalue weighted by molar-refractivity contribution is 0.581. The highest BCUT2D eigenvalue weighted by Crippen LogP contribution is 2.07. The average molecular weight is 255 g/mol. The first-order valence-corrected chi connectivity index (χ1v) is 6.29. The largest absolute Gasteiger partial charge is 0.284 e. The first kappa shape index (κ1) is 11.7. The average Bonchev–Trinajstić information content (AvgIpc) is 2.82. The molecule has 1 aromatic carbocycles. The van der Waals surface area contributed by atoms with Gasteiger partial charge in [0.2, 0.25) is 10.0 Å². The summed E-state index contributed by atoms with van der Waals surface area (Å²) in [6, 6.07) is 5.60. The third-order valence-electron chi connectivity index (χ3n) is 2.16. The zero-order chi connectivity index (χ0) is 12.3. The van der Waals surface area contributed by atoms with Gasteiger partial charge in [0, 0.05) is 12.7 Å². The number of H-pyrrole nitrogens is 1. The number of aromatic amines is 1. The van der Waals surface area contributed by atoms with Crippen molar-refractivity contribution in [2.45, 2.75) is 11.4 Å². The highest BCUT2D eigenvalue weighted by atomic mass is 32.2. The second-order valence-electron chi connectivity index (χ2n) is 3.39. The summed E-state index contributed by atoms with van der Waals surface area (Å²) >= 11 is 0.